The lowest BCUT2D eigenvalue weighted by atomic mass is 9.93. The van der Waals surface area contributed by atoms with E-state index in [1.54, 1.807) is 31.2 Å². The Morgan fingerprint density at radius 2 is 1.42 bits per heavy atom. The molecule has 2 amide bonds. The number of carbonyl (C=O) groups excluding carboxylic acids is 4. The first kappa shape index (κ1) is 40.0. The molecule has 11 atom stereocenters. The molecule has 300 valence electrons. The largest absolute Gasteiger partial charge is 0.456 e. The van der Waals surface area contributed by atoms with Crippen molar-refractivity contribution in [2.75, 3.05) is 19.8 Å². The molecule has 0 saturated carbocycles. The fraction of sp³-hybridized carbons (Fsp3) is 0.450. The number of benzene rings is 3. The van der Waals surface area contributed by atoms with E-state index in [-0.39, 0.29) is 37.5 Å². The summed E-state index contributed by atoms with van der Waals surface area (Å²) in [6.45, 7) is 3.81. The first-order valence-electron chi connectivity index (χ1n) is 18.5. The van der Waals surface area contributed by atoms with Crippen molar-refractivity contribution < 1.29 is 61.8 Å². The normalized spacial score (nSPS) is 30.8. The molecule has 17 heteroatoms. The van der Waals surface area contributed by atoms with Crippen LogP contribution >= 0.6 is 0 Å². The predicted octanol–water partition coefficient (Wildman–Crippen LogP) is 4.40. The molecule has 7 rings (SSSR count). The minimum absolute atomic E-state index is 0.000891. The Kier molecular flexibility index (Phi) is 12.6. The van der Waals surface area contributed by atoms with E-state index in [1.807, 2.05) is 60.7 Å². The first-order valence-corrected chi connectivity index (χ1v) is 18.5. The molecule has 3 fully saturated rings. The monoisotopic (exact) mass is 786 g/mol. The van der Waals surface area contributed by atoms with E-state index in [1.165, 1.54) is 13.8 Å². The molecule has 0 aromatic heterocycles. The summed E-state index contributed by atoms with van der Waals surface area (Å²) in [5.41, 5.74) is 10.7. The van der Waals surface area contributed by atoms with Crippen LogP contribution < -0.4 is 0 Å². The third kappa shape index (κ3) is 8.71. The maximum absolute atomic E-state index is 14.3. The van der Waals surface area contributed by atoms with Gasteiger partial charge >= 0.3 is 11.9 Å². The van der Waals surface area contributed by atoms with E-state index in [2.05, 4.69) is 10.0 Å². The van der Waals surface area contributed by atoms with Gasteiger partial charge in [-0.25, -0.2) is 0 Å². The second-order valence-electron chi connectivity index (χ2n) is 13.8. The highest BCUT2D eigenvalue weighted by atomic mass is 16.8. The molecule has 0 bridgehead atoms. The standard InChI is InChI=1S/C40H42N4O13/c1-22-31(53-23(2)45)34(54-24(3)46)35(50-20-25-12-6-4-7-13-25)40(52-22)57-33-30(44-36(47)27-16-10-11-17-28(27)37(44)48)39(49-19-18-42-43-41)55-29-21-51-38(56-32(29)33)26-14-8-5-9-15-26/h4-17,22,29-35,38-40H,18-21H2,1-3H3/t22?,29?,30?,31-,32+,33?,34?,35?,38?,39-,40+/m1/s1. The van der Waals surface area contributed by atoms with Crippen molar-refractivity contribution in [2.45, 2.75) is 95.0 Å². The van der Waals surface area contributed by atoms with Crippen LogP contribution in [-0.4, -0.2) is 110 Å². The lowest BCUT2D eigenvalue weighted by molar-refractivity contribution is -0.383. The SMILES string of the molecule is CC(=O)OC1C(OCc2ccccc2)[C@H](OC2C(N3C(=O)c4ccccc4C3=O)[C@H](OCCN=[N+]=[N-])OC3COC(c4ccccc4)O[C@@H]32)OC(C)[C@H]1OC(C)=O. The molecule has 4 aliphatic heterocycles. The Labute approximate surface area is 327 Å². The zero-order valence-corrected chi connectivity index (χ0v) is 31.4. The Balaban J connectivity index is 1.32. The first-order chi connectivity index (χ1) is 27.6. The van der Waals surface area contributed by atoms with Crippen LogP contribution in [-0.2, 0) is 58.8 Å². The summed E-state index contributed by atoms with van der Waals surface area (Å²) in [7, 11) is 0. The van der Waals surface area contributed by atoms with Gasteiger partial charge in [0.2, 0.25) is 0 Å². The van der Waals surface area contributed by atoms with Gasteiger partial charge in [0.05, 0.1) is 37.1 Å². The average molecular weight is 787 g/mol. The van der Waals surface area contributed by atoms with Crippen molar-refractivity contribution in [3.05, 3.63) is 118 Å². The van der Waals surface area contributed by atoms with Crippen LogP contribution in [0.1, 0.15) is 58.9 Å². The Bertz CT molecular complexity index is 1930. The lowest BCUT2D eigenvalue weighted by Gasteiger charge is -2.52. The van der Waals surface area contributed by atoms with E-state index in [4.69, 9.17) is 48.2 Å². The van der Waals surface area contributed by atoms with E-state index < -0.39 is 91.4 Å². The molecule has 3 saturated heterocycles. The third-order valence-corrected chi connectivity index (χ3v) is 9.95. The number of nitrogens with zero attached hydrogens (tertiary/aromatic N) is 4. The molecule has 0 spiro atoms. The second-order valence-corrected chi connectivity index (χ2v) is 13.8. The maximum Gasteiger partial charge on any atom is 0.303 e. The van der Waals surface area contributed by atoms with E-state index in [9.17, 15) is 19.2 Å². The van der Waals surface area contributed by atoms with Crippen LogP contribution in [0.3, 0.4) is 0 Å². The number of hydrogen-bond donors (Lipinski definition) is 0. The Morgan fingerprint density at radius 3 is 2.07 bits per heavy atom. The summed E-state index contributed by atoms with van der Waals surface area (Å²) >= 11 is 0. The summed E-state index contributed by atoms with van der Waals surface area (Å²) in [6, 6.07) is 23.4. The molecule has 17 nitrogen and oxygen atoms in total. The van der Waals surface area contributed by atoms with Crippen LogP contribution in [0.5, 0.6) is 0 Å². The number of carbonyl (C=O) groups is 4. The topological polar surface area (TPSA) is 203 Å². The van der Waals surface area contributed by atoms with Gasteiger partial charge in [0.25, 0.3) is 11.8 Å². The van der Waals surface area contributed by atoms with Gasteiger partial charge in [0.15, 0.2) is 31.1 Å². The lowest BCUT2D eigenvalue weighted by Crippen LogP contribution is -2.70. The zero-order valence-electron chi connectivity index (χ0n) is 31.4. The smallest absolute Gasteiger partial charge is 0.303 e. The maximum atomic E-state index is 14.3. The van der Waals surface area contributed by atoms with Crippen molar-refractivity contribution in [1.29, 1.82) is 0 Å². The fourth-order valence-corrected chi connectivity index (χ4v) is 7.50. The molecule has 7 unspecified atom stereocenters. The molecular weight excluding hydrogens is 744 g/mol. The molecular formula is C40H42N4O13. The predicted molar refractivity (Wildman–Crippen MR) is 195 cm³/mol. The molecule has 57 heavy (non-hydrogen) atoms. The van der Waals surface area contributed by atoms with E-state index in [0.717, 1.165) is 10.5 Å². The quantitative estimate of drug-likeness (QED) is 0.0590. The van der Waals surface area contributed by atoms with Crippen LogP contribution in [0.2, 0.25) is 0 Å². The van der Waals surface area contributed by atoms with Crippen molar-refractivity contribution in [3.8, 4) is 0 Å². The molecule has 0 aliphatic carbocycles. The summed E-state index contributed by atoms with van der Waals surface area (Å²) in [5.74, 6) is -2.58. The van der Waals surface area contributed by atoms with Gasteiger partial charge in [0.1, 0.15) is 30.5 Å². The second kappa shape index (κ2) is 17.9. The zero-order chi connectivity index (χ0) is 40.1. The van der Waals surface area contributed by atoms with Crippen LogP contribution in [0, 0.1) is 0 Å². The van der Waals surface area contributed by atoms with Crippen LogP contribution in [0.4, 0.5) is 0 Å². The minimum Gasteiger partial charge on any atom is -0.456 e. The summed E-state index contributed by atoms with van der Waals surface area (Å²) < 4.78 is 56.7. The van der Waals surface area contributed by atoms with Crippen molar-refractivity contribution in [3.63, 3.8) is 0 Å². The molecule has 4 heterocycles. The number of rotatable bonds is 13. The van der Waals surface area contributed by atoms with Crippen molar-refractivity contribution >= 4 is 23.8 Å². The van der Waals surface area contributed by atoms with Gasteiger partial charge in [-0.2, -0.15) is 0 Å². The van der Waals surface area contributed by atoms with Gasteiger partial charge in [-0.05, 0) is 30.2 Å². The highest BCUT2D eigenvalue weighted by Crippen LogP contribution is 2.41. The number of fused-ring (bicyclic) bond motifs is 2. The summed E-state index contributed by atoms with van der Waals surface area (Å²) in [6.07, 6.45) is -11.4. The van der Waals surface area contributed by atoms with Crippen LogP contribution in [0.15, 0.2) is 90.0 Å². The van der Waals surface area contributed by atoms with Gasteiger partial charge in [0, 0.05) is 30.9 Å². The van der Waals surface area contributed by atoms with Crippen molar-refractivity contribution in [1.82, 2.24) is 4.90 Å². The highest BCUT2D eigenvalue weighted by Gasteiger charge is 2.59. The molecule has 0 radical (unpaired) electrons. The summed E-state index contributed by atoms with van der Waals surface area (Å²) in [4.78, 5) is 57.3. The highest BCUT2D eigenvalue weighted by molar-refractivity contribution is 6.21. The minimum atomic E-state index is -1.40. The van der Waals surface area contributed by atoms with Gasteiger partial charge in [-0.15, -0.1) is 0 Å². The summed E-state index contributed by atoms with van der Waals surface area (Å²) in [5, 5.41) is 3.56. The van der Waals surface area contributed by atoms with Gasteiger partial charge in [-0.3, -0.25) is 24.1 Å². The van der Waals surface area contributed by atoms with E-state index in [0.29, 0.717) is 5.56 Å². The fourth-order valence-electron chi connectivity index (χ4n) is 7.50. The van der Waals surface area contributed by atoms with E-state index >= 15 is 0 Å². The third-order valence-electron chi connectivity index (χ3n) is 9.95. The molecule has 3 aromatic rings. The Morgan fingerprint density at radius 1 is 0.789 bits per heavy atom. The van der Waals surface area contributed by atoms with Crippen molar-refractivity contribution in [2.24, 2.45) is 5.11 Å². The number of amides is 2. The van der Waals surface area contributed by atoms with Gasteiger partial charge in [-0.1, -0.05) is 77.9 Å². The van der Waals surface area contributed by atoms with Crippen LogP contribution in [0.25, 0.3) is 10.4 Å². The number of ether oxygens (including phenoxy) is 9. The van der Waals surface area contributed by atoms with Gasteiger partial charge < -0.3 is 42.6 Å². The number of azide groups is 1. The molecule has 0 N–H and O–H groups in total. The number of esters is 2. The number of imide groups is 1. The molecule has 4 aliphatic rings. The Hall–Kier alpha value is -5.23. The molecule has 3 aromatic carbocycles. The number of hydrogen-bond acceptors (Lipinski definition) is 14. The average Bonchev–Trinajstić information content (AvgIpc) is 3.46.